The number of hydrogen-bond donors (Lipinski definition) is 2. The normalized spacial score (nSPS) is 9.85. The Morgan fingerprint density at radius 2 is 1.95 bits per heavy atom. The fourth-order valence-corrected chi connectivity index (χ4v) is 1.82. The van der Waals surface area contributed by atoms with Crippen molar-refractivity contribution in [1.29, 1.82) is 0 Å². The number of hydrogen-bond acceptors (Lipinski definition) is 4. The summed E-state index contributed by atoms with van der Waals surface area (Å²) in [5, 5.41) is 16.3. The molecule has 0 radical (unpaired) electrons. The number of non-ortho nitro benzene ring substituents is 1. The van der Waals surface area contributed by atoms with Crippen molar-refractivity contribution in [3.63, 3.8) is 0 Å². The Balaban J connectivity index is 2.35. The third-order valence-corrected chi connectivity index (χ3v) is 2.73. The Labute approximate surface area is 115 Å². The Morgan fingerprint density at radius 1 is 1.15 bits per heavy atom. The van der Waals surface area contributed by atoms with Gasteiger partial charge in [-0.2, -0.15) is 0 Å². The average molecular weight is 271 g/mol. The highest BCUT2D eigenvalue weighted by molar-refractivity contribution is 5.84. The molecule has 6 heteroatoms. The molecule has 0 fully saturated rings. The van der Waals surface area contributed by atoms with Gasteiger partial charge in [-0.1, -0.05) is 12.1 Å². The van der Waals surface area contributed by atoms with Gasteiger partial charge in [-0.05, 0) is 30.7 Å². The molecule has 0 bridgehead atoms. The zero-order valence-electron chi connectivity index (χ0n) is 10.8. The van der Waals surface area contributed by atoms with Gasteiger partial charge in [-0.25, -0.2) is 0 Å². The number of nitrogens with zero attached hydrogens (tertiary/aromatic N) is 1. The summed E-state index contributed by atoms with van der Waals surface area (Å²) >= 11 is 0. The van der Waals surface area contributed by atoms with Crippen LogP contribution in [0.15, 0.2) is 42.5 Å². The molecule has 1 amide bonds. The molecule has 0 atom stereocenters. The van der Waals surface area contributed by atoms with E-state index in [4.69, 9.17) is 0 Å². The van der Waals surface area contributed by atoms with E-state index in [1.54, 1.807) is 6.07 Å². The number of nitro benzene ring substituents is 1. The second-order valence-corrected chi connectivity index (χ2v) is 4.24. The van der Waals surface area contributed by atoms with Gasteiger partial charge in [0.05, 0.1) is 16.3 Å². The molecule has 2 N–H and O–H groups in total. The lowest BCUT2D eigenvalue weighted by molar-refractivity contribution is -0.384. The van der Waals surface area contributed by atoms with Crippen molar-refractivity contribution < 1.29 is 9.72 Å². The monoisotopic (exact) mass is 271 g/mol. The van der Waals surface area contributed by atoms with Gasteiger partial charge in [0.25, 0.3) is 5.69 Å². The van der Waals surface area contributed by atoms with E-state index in [1.165, 1.54) is 12.1 Å². The van der Waals surface area contributed by atoms with Gasteiger partial charge in [-0.3, -0.25) is 14.9 Å². The predicted molar refractivity (Wildman–Crippen MR) is 77.2 cm³/mol. The molecule has 0 aliphatic heterocycles. The van der Waals surface area contributed by atoms with Crippen LogP contribution in [-0.2, 0) is 4.79 Å². The number of nitrogens with one attached hydrogen (secondary N) is 2. The van der Waals surface area contributed by atoms with Gasteiger partial charge >= 0.3 is 0 Å². The molecular weight excluding hydrogens is 258 g/mol. The molecule has 0 spiro atoms. The molecule has 20 heavy (non-hydrogen) atoms. The first-order valence-corrected chi connectivity index (χ1v) is 5.92. The van der Waals surface area contributed by atoms with E-state index < -0.39 is 4.92 Å². The number of amides is 1. The number of anilines is 3. The molecular formula is C14H13N3O3. The lowest BCUT2D eigenvalue weighted by Gasteiger charge is -2.11. The summed E-state index contributed by atoms with van der Waals surface area (Å²) < 4.78 is 0. The Morgan fingerprint density at radius 3 is 2.60 bits per heavy atom. The maximum atomic E-state index is 10.7. The molecule has 2 aromatic carbocycles. The molecule has 0 heterocycles. The first-order valence-electron chi connectivity index (χ1n) is 5.92. The Hall–Kier alpha value is -2.89. The van der Waals surface area contributed by atoms with Crippen LogP contribution in [0.2, 0.25) is 0 Å². The second kappa shape index (κ2) is 5.83. The standard InChI is InChI=1S/C14H13N3O3/c1-10-3-2-4-11(7-10)16-13-6-5-12(17(19)20)8-14(13)15-9-18/h2-9,16H,1H3,(H,15,18). The maximum Gasteiger partial charge on any atom is 0.271 e. The third kappa shape index (κ3) is 3.11. The highest BCUT2D eigenvalue weighted by Crippen LogP contribution is 2.29. The van der Waals surface area contributed by atoms with E-state index in [-0.39, 0.29) is 5.69 Å². The number of benzene rings is 2. The van der Waals surface area contributed by atoms with E-state index >= 15 is 0 Å². The van der Waals surface area contributed by atoms with E-state index in [0.29, 0.717) is 17.8 Å². The molecule has 2 aromatic rings. The fraction of sp³-hybridized carbons (Fsp3) is 0.0714. The predicted octanol–water partition coefficient (Wildman–Crippen LogP) is 3.22. The number of nitro groups is 1. The fourth-order valence-electron chi connectivity index (χ4n) is 1.82. The van der Waals surface area contributed by atoms with Gasteiger partial charge in [-0.15, -0.1) is 0 Å². The number of carbonyl (C=O) groups is 1. The van der Waals surface area contributed by atoms with Gasteiger partial charge in [0.2, 0.25) is 6.41 Å². The first kappa shape index (κ1) is 13.5. The van der Waals surface area contributed by atoms with Crippen molar-refractivity contribution >= 4 is 29.2 Å². The smallest absolute Gasteiger partial charge is 0.271 e. The molecule has 0 saturated carbocycles. The van der Waals surface area contributed by atoms with Crippen molar-refractivity contribution in [1.82, 2.24) is 0 Å². The summed E-state index contributed by atoms with van der Waals surface area (Å²) in [5.74, 6) is 0. The molecule has 0 aromatic heterocycles. The number of aryl methyl sites for hydroxylation is 1. The van der Waals surface area contributed by atoms with E-state index in [2.05, 4.69) is 10.6 Å². The zero-order chi connectivity index (χ0) is 14.5. The van der Waals surface area contributed by atoms with Crippen molar-refractivity contribution in [3.8, 4) is 0 Å². The quantitative estimate of drug-likeness (QED) is 0.497. The summed E-state index contributed by atoms with van der Waals surface area (Å²) in [6.07, 6.45) is 0.487. The summed E-state index contributed by atoms with van der Waals surface area (Å²) in [4.78, 5) is 20.8. The summed E-state index contributed by atoms with van der Waals surface area (Å²) in [7, 11) is 0. The number of carbonyl (C=O) groups excluding carboxylic acids is 1. The lowest BCUT2D eigenvalue weighted by Crippen LogP contribution is -2.01. The van der Waals surface area contributed by atoms with Crippen LogP contribution in [0.4, 0.5) is 22.7 Å². The van der Waals surface area contributed by atoms with Crippen LogP contribution in [0.5, 0.6) is 0 Å². The molecule has 0 saturated heterocycles. The molecule has 6 nitrogen and oxygen atoms in total. The minimum atomic E-state index is -0.508. The minimum Gasteiger partial charge on any atom is -0.354 e. The van der Waals surface area contributed by atoms with Crippen molar-refractivity contribution in [3.05, 3.63) is 58.1 Å². The van der Waals surface area contributed by atoms with Crippen LogP contribution in [0.25, 0.3) is 0 Å². The maximum absolute atomic E-state index is 10.7. The third-order valence-electron chi connectivity index (χ3n) is 2.73. The van der Waals surface area contributed by atoms with Gasteiger partial charge in [0.15, 0.2) is 0 Å². The highest BCUT2D eigenvalue weighted by atomic mass is 16.6. The minimum absolute atomic E-state index is 0.0795. The summed E-state index contributed by atoms with van der Waals surface area (Å²) in [6, 6.07) is 11.9. The van der Waals surface area contributed by atoms with Gasteiger partial charge < -0.3 is 10.6 Å². The Bertz CT molecular complexity index is 656. The van der Waals surface area contributed by atoms with Gasteiger partial charge in [0, 0.05) is 17.8 Å². The lowest BCUT2D eigenvalue weighted by atomic mass is 10.2. The van der Waals surface area contributed by atoms with Gasteiger partial charge in [0.1, 0.15) is 0 Å². The summed E-state index contributed by atoms with van der Waals surface area (Å²) in [5.41, 5.74) is 2.79. The van der Waals surface area contributed by atoms with E-state index in [9.17, 15) is 14.9 Å². The molecule has 0 aliphatic rings. The molecule has 102 valence electrons. The average Bonchev–Trinajstić information content (AvgIpc) is 2.41. The van der Waals surface area contributed by atoms with Crippen LogP contribution in [0, 0.1) is 17.0 Å². The van der Waals surface area contributed by atoms with Crippen molar-refractivity contribution in [2.75, 3.05) is 10.6 Å². The largest absolute Gasteiger partial charge is 0.354 e. The van der Waals surface area contributed by atoms with Crippen molar-refractivity contribution in [2.45, 2.75) is 6.92 Å². The molecule has 0 aliphatic carbocycles. The summed E-state index contributed by atoms with van der Waals surface area (Å²) in [6.45, 7) is 1.96. The van der Waals surface area contributed by atoms with Crippen LogP contribution >= 0.6 is 0 Å². The van der Waals surface area contributed by atoms with Crippen LogP contribution in [0.3, 0.4) is 0 Å². The molecule has 0 unspecified atom stereocenters. The SMILES string of the molecule is Cc1cccc(Nc2ccc([N+](=O)[O-])cc2NC=O)c1. The zero-order valence-corrected chi connectivity index (χ0v) is 10.8. The first-order chi connectivity index (χ1) is 9.60. The van der Waals surface area contributed by atoms with Crippen molar-refractivity contribution in [2.24, 2.45) is 0 Å². The van der Waals surface area contributed by atoms with Crippen LogP contribution in [0.1, 0.15) is 5.56 Å². The number of rotatable bonds is 5. The van der Waals surface area contributed by atoms with E-state index in [0.717, 1.165) is 11.3 Å². The Kier molecular flexibility index (Phi) is 3.95. The van der Waals surface area contributed by atoms with Crippen LogP contribution < -0.4 is 10.6 Å². The topological polar surface area (TPSA) is 84.3 Å². The molecule has 2 rings (SSSR count). The van der Waals surface area contributed by atoms with E-state index in [1.807, 2.05) is 31.2 Å². The second-order valence-electron chi connectivity index (χ2n) is 4.24. The van der Waals surface area contributed by atoms with Crippen LogP contribution in [-0.4, -0.2) is 11.3 Å². The highest BCUT2D eigenvalue weighted by Gasteiger charge is 2.10.